The molecule has 1 aromatic carbocycles. The Morgan fingerprint density at radius 2 is 1.91 bits per heavy atom. The largest absolute Gasteiger partial charge is 0.461 e. The summed E-state index contributed by atoms with van der Waals surface area (Å²) < 4.78 is 10.2. The summed E-state index contributed by atoms with van der Waals surface area (Å²) in [6, 6.07) is 8.01. The van der Waals surface area contributed by atoms with Crippen LogP contribution in [0.2, 0.25) is 5.02 Å². The van der Waals surface area contributed by atoms with Gasteiger partial charge in [0.05, 0.1) is 11.3 Å². The summed E-state index contributed by atoms with van der Waals surface area (Å²) in [6.45, 7) is 3.12. The number of hydrogen-bond acceptors (Lipinski definition) is 5. The van der Waals surface area contributed by atoms with Gasteiger partial charge in [0, 0.05) is 23.7 Å². The number of rotatable bonds is 4. The average Bonchev–Trinajstić information content (AvgIpc) is 2.48. The topological polar surface area (TPSA) is 65.5 Å². The van der Waals surface area contributed by atoms with Crippen LogP contribution >= 0.6 is 11.6 Å². The van der Waals surface area contributed by atoms with Crippen molar-refractivity contribution in [3.63, 3.8) is 0 Å². The highest BCUT2D eigenvalue weighted by atomic mass is 35.5. The fourth-order valence-corrected chi connectivity index (χ4v) is 1.79. The fourth-order valence-electron chi connectivity index (χ4n) is 1.67. The van der Waals surface area contributed by atoms with Crippen LogP contribution in [0.4, 0.5) is 0 Å². The third-order valence-electron chi connectivity index (χ3n) is 2.82. The van der Waals surface area contributed by atoms with Gasteiger partial charge in [-0.1, -0.05) is 11.6 Å². The first kappa shape index (κ1) is 16.0. The van der Waals surface area contributed by atoms with Crippen molar-refractivity contribution in [1.82, 2.24) is 4.98 Å². The fraction of sp³-hybridized carbons (Fsp3) is 0.188. The highest BCUT2D eigenvalue weighted by Crippen LogP contribution is 2.20. The number of halogens is 1. The van der Waals surface area contributed by atoms with Crippen molar-refractivity contribution in [2.24, 2.45) is 0 Å². The van der Waals surface area contributed by atoms with Crippen molar-refractivity contribution in [2.75, 3.05) is 0 Å². The molecule has 0 atom stereocenters. The van der Waals surface area contributed by atoms with Crippen LogP contribution in [-0.2, 0) is 16.1 Å². The summed E-state index contributed by atoms with van der Waals surface area (Å²) >= 11 is 5.78. The Balaban J connectivity index is 2.14. The molecule has 5 nitrogen and oxygen atoms in total. The van der Waals surface area contributed by atoms with Crippen molar-refractivity contribution < 1.29 is 19.1 Å². The van der Waals surface area contributed by atoms with E-state index >= 15 is 0 Å². The van der Waals surface area contributed by atoms with E-state index < -0.39 is 5.97 Å². The maximum Gasteiger partial charge on any atom is 0.343 e. The summed E-state index contributed by atoms with van der Waals surface area (Å²) in [4.78, 5) is 27.0. The number of pyridine rings is 1. The van der Waals surface area contributed by atoms with Crippen LogP contribution in [0.5, 0.6) is 5.75 Å². The molecule has 22 heavy (non-hydrogen) atoms. The maximum absolute atomic E-state index is 12.1. The molecule has 0 saturated carbocycles. The third kappa shape index (κ3) is 4.30. The quantitative estimate of drug-likeness (QED) is 0.809. The first-order chi connectivity index (χ1) is 10.5. The van der Waals surface area contributed by atoms with Crippen LogP contribution in [-0.4, -0.2) is 16.9 Å². The lowest BCUT2D eigenvalue weighted by atomic mass is 10.2. The maximum atomic E-state index is 12.1. The standard InChI is InChI=1S/C16H14ClNO4/c1-10-15(7-12(8-18-10)9-21-11(2)19)22-16(20)13-3-5-14(17)6-4-13/h3-8H,9H2,1-2H3. The molecule has 1 aromatic heterocycles. The minimum absolute atomic E-state index is 0.0775. The molecule has 0 amide bonds. The molecule has 0 saturated heterocycles. The van der Waals surface area contributed by atoms with E-state index in [4.69, 9.17) is 21.1 Å². The van der Waals surface area contributed by atoms with E-state index in [-0.39, 0.29) is 12.6 Å². The SMILES string of the molecule is CC(=O)OCc1cnc(C)c(OC(=O)c2ccc(Cl)cc2)c1. The minimum atomic E-state index is -0.508. The molecule has 0 radical (unpaired) electrons. The van der Waals surface area contributed by atoms with E-state index in [9.17, 15) is 9.59 Å². The van der Waals surface area contributed by atoms with E-state index in [1.54, 1.807) is 43.5 Å². The highest BCUT2D eigenvalue weighted by Gasteiger charge is 2.12. The molecule has 0 N–H and O–H groups in total. The van der Waals surface area contributed by atoms with Crippen LogP contribution in [0.3, 0.4) is 0 Å². The van der Waals surface area contributed by atoms with Crippen LogP contribution in [0, 0.1) is 6.92 Å². The molecule has 2 aromatic rings. The Hall–Kier alpha value is -2.40. The lowest BCUT2D eigenvalue weighted by molar-refractivity contribution is -0.142. The van der Waals surface area contributed by atoms with E-state index in [2.05, 4.69) is 4.98 Å². The lowest BCUT2D eigenvalue weighted by Gasteiger charge is -2.09. The molecule has 0 aliphatic carbocycles. The smallest absolute Gasteiger partial charge is 0.343 e. The van der Waals surface area contributed by atoms with E-state index in [0.717, 1.165) is 0 Å². The van der Waals surface area contributed by atoms with Gasteiger partial charge in [-0.25, -0.2) is 4.79 Å². The highest BCUT2D eigenvalue weighted by molar-refractivity contribution is 6.30. The Morgan fingerprint density at radius 3 is 2.55 bits per heavy atom. The molecule has 0 bridgehead atoms. The first-order valence-electron chi connectivity index (χ1n) is 6.52. The van der Waals surface area contributed by atoms with Crippen molar-refractivity contribution in [2.45, 2.75) is 20.5 Å². The van der Waals surface area contributed by atoms with Crippen molar-refractivity contribution >= 4 is 23.5 Å². The summed E-state index contributed by atoms with van der Waals surface area (Å²) in [6.07, 6.45) is 1.57. The molecule has 0 spiro atoms. The Morgan fingerprint density at radius 1 is 1.23 bits per heavy atom. The summed E-state index contributed by atoms with van der Waals surface area (Å²) in [5, 5.41) is 0.540. The van der Waals surface area contributed by atoms with E-state index in [0.29, 0.717) is 27.6 Å². The molecular formula is C16H14ClNO4. The summed E-state index contributed by atoms with van der Waals surface area (Å²) in [7, 11) is 0. The zero-order valence-electron chi connectivity index (χ0n) is 12.1. The predicted octanol–water partition coefficient (Wildman–Crippen LogP) is 3.33. The van der Waals surface area contributed by atoms with Gasteiger partial charge in [-0.05, 0) is 37.3 Å². The van der Waals surface area contributed by atoms with Gasteiger partial charge < -0.3 is 9.47 Å². The van der Waals surface area contributed by atoms with Crippen LogP contribution < -0.4 is 4.74 Å². The summed E-state index contributed by atoms with van der Waals surface area (Å²) in [5.74, 6) is -0.573. The van der Waals surface area contributed by atoms with Gasteiger partial charge in [0.2, 0.25) is 0 Å². The molecule has 0 unspecified atom stereocenters. The minimum Gasteiger partial charge on any atom is -0.461 e. The monoisotopic (exact) mass is 319 g/mol. The third-order valence-corrected chi connectivity index (χ3v) is 3.07. The molecule has 0 fully saturated rings. The second kappa shape index (κ2) is 7.04. The van der Waals surface area contributed by atoms with Gasteiger partial charge in [0.25, 0.3) is 0 Å². The van der Waals surface area contributed by atoms with Crippen LogP contribution in [0.1, 0.15) is 28.5 Å². The van der Waals surface area contributed by atoms with Gasteiger partial charge in [-0.3, -0.25) is 9.78 Å². The first-order valence-corrected chi connectivity index (χ1v) is 6.90. The lowest BCUT2D eigenvalue weighted by Crippen LogP contribution is -2.10. The zero-order valence-corrected chi connectivity index (χ0v) is 12.9. The number of ether oxygens (including phenoxy) is 2. The normalized spacial score (nSPS) is 10.1. The molecule has 0 aliphatic heterocycles. The summed E-state index contributed by atoms with van der Waals surface area (Å²) in [5.41, 5.74) is 1.59. The van der Waals surface area contributed by atoms with Gasteiger partial charge in [-0.15, -0.1) is 0 Å². The van der Waals surface area contributed by atoms with Gasteiger partial charge in [-0.2, -0.15) is 0 Å². The number of hydrogen-bond donors (Lipinski definition) is 0. The molecule has 0 aliphatic rings. The van der Waals surface area contributed by atoms with Gasteiger partial charge in [0.1, 0.15) is 6.61 Å². The second-order valence-electron chi connectivity index (χ2n) is 4.60. The predicted molar refractivity (Wildman–Crippen MR) is 80.9 cm³/mol. The number of nitrogens with zero attached hydrogens (tertiary/aromatic N) is 1. The zero-order chi connectivity index (χ0) is 16.1. The van der Waals surface area contributed by atoms with E-state index in [1.807, 2.05) is 0 Å². The number of benzene rings is 1. The van der Waals surface area contributed by atoms with Crippen LogP contribution in [0.15, 0.2) is 36.5 Å². The van der Waals surface area contributed by atoms with E-state index in [1.165, 1.54) is 6.92 Å². The van der Waals surface area contributed by atoms with Gasteiger partial charge >= 0.3 is 11.9 Å². The number of esters is 2. The molecular weight excluding hydrogens is 306 g/mol. The number of aryl methyl sites for hydroxylation is 1. The second-order valence-corrected chi connectivity index (χ2v) is 5.04. The average molecular weight is 320 g/mol. The van der Waals surface area contributed by atoms with Crippen molar-refractivity contribution in [1.29, 1.82) is 0 Å². The number of carbonyl (C=O) groups excluding carboxylic acids is 2. The van der Waals surface area contributed by atoms with Crippen molar-refractivity contribution in [3.05, 3.63) is 58.4 Å². The number of carbonyl (C=O) groups is 2. The molecule has 2 rings (SSSR count). The molecule has 1 heterocycles. The molecule has 114 valence electrons. The van der Waals surface area contributed by atoms with Crippen LogP contribution in [0.25, 0.3) is 0 Å². The molecule has 6 heteroatoms. The Kier molecular flexibility index (Phi) is 5.12. The number of aromatic nitrogens is 1. The Bertz CT molecular complexity index is 698. The van der Waals surface area contributed by atoms with Crippen molar-refractivity contribution in [3.8, 4) is 5.75 Å². The Labute approximate surface area is 132 Å². The van der Waals surface area contributed by atoms with Gasteiger partial charge in [0.15, 0.2) is 5.75 Å².